The summed E-state index contributed by atoms with van der Waals surface area (Å²) in [7, 11) is -2.78. The highest BCUT2D eigenvalue weighted by molar-refractivity contribution is 7.52. The lowest BCUT2D eigenvalue weighted by molar-refractivity contribution is -0.137. The third-order valence-electron chi connectivity index (χ3n) is 2.42. The quantitative estimate of drug-likeness (QED) is 0.362. The van der Waals surface area contributed by atoms with Crippen molar-refractivity contribution in [3.05, 3.63) is 11.6 Å². The molecule has 0 aliphatic carbocycles. The number of hydrogen-bond acceptors (Lipinski definition) is 4. The van der Waals surface area contributed by atoms with E-state index in [-0.39, 0.29) is 24.4 Å². The molecule has 1 unspecified atom stereocenters. The van der Waals surface area contributed by atoms with Crippen LogP contribution in [0.15, 0.2) is 11.6 Å². The zero-order valence-corrected chi connectivity index (χ0v) is 11.7. The summed E-state index contributed by atoms with van der Waals surface area (Å²) >= 11 is 0. The summed E-state index contributed by atoms with van der Waals surface area (Å²) in [4.78, 5) is 40.8. The van der Waals surface area contributed by atoms with Crippen molar-refractivity contribution in [1.82, 2.24) is 4.90 Å². The molecule has 0 aliphatic heterocycles. The topological polar surface area (TPSA) is 141 Å². The van der Waals surface area contributed by atoms with Crippen molar-refractivity contribution >= 4 is 19.5 Å². The molecule has 0 spiro atoms. The first-order valence-corrected chi connectivity index (χ1v) is 7.27. The molecule has 0 heterocycles. The number of carboxylic acids is 1. The molecule has 110 valence electrons. The molecular formula is C10H19N2O6P. The highest BCUT2D eigenvalue weighted by Crippen LogP contribution is 2.37. The van der Waals surface area contributed by atoms with Crippen LogP contribution in [0.1, 0.15) is 13.3 Å². The van der Waals surface area contributed by atoms with Gasteiger partial charge in [-0.1, -0.05) is 11.6 Å². The fourth-order valence-corrected chi connectivity index (χ4v) is 2.07. The number of amides is 1. The lowest BCUT2D eigenvalue weighted by Crippen LogP contribution is -2.29. The van der Waals surface area contributed by atoms with Gasteiger partial charge in [0.2, 0.25) is 5.91 Å². The van der Waals surface area contributed by atoms with Crippen LogP contribution in [0.5, 0.6) is 0 Å². The first-order chi connectivity index (χ1) is 8.53. The number of carbonyl (C=O) groups is 2. The Kier molecular flexibility index (Phi) is 6.93. The summed E-state index contributed by atoms with van der Waals surface area (Å²) < 4.78 is 11.0. The maximum Gasteiger partial charge on any atom is 0.329 e. The van der Waals surface area contributed by atoms with Crippen LogP contribution in [-0.4, -0.2) is 57.5 Å². The third-order valence-corrected chi connectivity index (χ3v) is 3.23. The van der Waals surface area contributed by atoms with Crippen molar-refractivity contribution in [2.24, 2.45) is 5.73 Å². The average molecular weight is 294 g/mol. The number of rotatable bonds is 7. The van der Waals surface area contributed by atoms with E-state index in [0.29, 0.717) is 0 Å². The molecule has 5 N–H and O–H groups in total. The number of nitrogens with two attached hydrogens (primary N) is 1. The summed E-state index contributed by atoms with van der Waals surface area (Å²) in [5, 5.41) is 8.67. The fourth-order valence-electron chi connectivity index (χ4n) is 1.27. The Bertz CT molecular complexity index is 416. The van der Waals surface area contributed by atoms with Gasteiger partial charge >= 0.3 is 13.6 Å². The standard InChI is InChI=1S/C10H19N2O6P/c1-7(13)12(2)4-3-8(6-19(16,17)18)5-9(11)10(14)15/h5,9H,3-4,6,11H2,1-2H3,(H,14,15)(H2,16,17,18)/b8-5-. The second-order valence-electron chi connectivity index (χ2n) is 4.20. The molecule has 9 heteroatoms. The van der Waals surface area contributed by atoms with Crippen LogP contribution in [0.3, 0.4) is 0 Å². The van der Waals surface area contributed by atoms with E-state index in [1.165, 1.54) is 18.9 Å². The Balaban J connectivity index is 4.83. The van der Waals surface area contributed by atoms with E-state index in [1.54, 1.807) is 0 Å². The molecule has 0 aromatic heterocycles. The number of hydrogen-bond donors (Lipinski definition) is 4. The maximum absolute atomic E-state index is 11.0. The van der Waals surface area contributed by atoms with Gasteiger partial charge in [0, 0.05) is 20.5 Å². The Hall–Kier alpha value is -1.21. The van der Waals surface area contributed by atoms with Gasteiger partial charge in [0.25, 0.3) is 0 Å². The largest absolute Gasteiger partial charge is 0.480 e. The van der Waals surface area contributed by atoms with Gasteiger partial charge in [-0.15, -0.1) is 0 Å². The van der Waals surface area contributed by atoms with Crippen LogP contribution in [0.4, 0.5) is 0 Å². The van der Waals surface area contributed by atoms with E-state index in [9.17, 15) is 14.2 Å². The van der Waals surface area contributed by atoms with Crippen molar-refractivity contribution < 1.29 is 29.0 Å². The van der Waals surface area contributed by atoms with Crippen molar-refractivity contribution in [2.45, 2.75) is 19.4 Å². The van der Waals surface area contributed by atoms with E-state index >= 15 is 0 Å². The van der Waals surface area contributed by atoms with Gasteiger partial charge < -0.3 is 25.5 Å². The van der Waals surface area contributed by atoms with Crippen LogP contribution in [0.25, 0.3) is 0 Å². The summed E-state index contributed by atoms with van der Waals surface area (Å²) in [5.41, 5.74) is 5.51. The van der Waals surface area contributed by atoms with E-state index < -0.39 is 25.8 Å². The maximum atomic E-state index is 11.0. The molecule has 0 bridgehead atoms. The van der Waals surface area contributed by atoms with Crippen LogP contribution >= 0.6 is 7.60 Å². The van der Waals surface area contributed by atoms with Crippen LogP contribution in [0.2, 0.25) is 0 Å². The van der Waals surface area contributed by atoms with Gasteiger partial charge in [-0.25, -0.2) is 0 Å². The lowest BCUT2D eigenvalue weighted by Gasteiger charge is -2.17. The second kappa shape index (κ2) is 7.40. The molecule has 0 rings (SSSR count). The van der Waals surface area contributed by atoms with Gasteiger partial charge in [-0.05, 0) is 6.42 Å². The number of carboxylic acid groups (broad SMARTS) is 1. The van der Waals surface area contributed by atoms with Gasteiger partial charge in [0.05, 0.1) is 6.16 Å². The third kappa shape index (κ3) is 8.50. The Morgan fingerprint density at radius 2 is 1.95 bits per heavy atom. The predicted octanol–water partition coefficient (Wildman–Crippen LogP) is -0.629. The highest BCUT2D eigenvalue weighted by atomic mass is 31.2. The van der Waals surface area contributed by atoms with E-state index in [2.05, 4.69) is 0 Å². The van der Waals surface area contributed by atoms with Gasteiger partial charge in [-0.2, -0.15) is 0 Å². The van der Waals surface area contributed by atoms with E-state index in [1.807, 2.05) is 0 Å². The second-order valence-corrected chi connectivity index (χ2v) is 5.85. The minimum absolute atomic E-state index is 0.155. The summed E-state index contributed by atoms with van der Waals surface area (Å²) in [6.07, 6.45) is 0.692. The zero-order valence-electron chi connectivity index (χ0n) is 10.8. The Labute approximate surface area is 111 Å². The minimum Gasteiger partial charge on any atom is -0.480 e. The molecule has 0 radical (unpaired) electrons. The van der Waals surface area contributed by atoms with Crippen LogP contribution in [0, 0.1) is 0 Å². The Morgan fingerprint density at radius 3 is 2.32 bits per heavy atom. The average Bonchev–Trinajstić information content (AvgIpc) is 2.22. The molecule has 1 amide bonds. The minimum atomic E-state index is -4.31. The fraction of sp³-hybridized carbons (Fsp3) is 0.600. The van der Waals surface area contributed by atoms with Crippen LogP contribution in [-0.2, 0) is 14.2 Å². The Morgan fingerprint density at radius 1 is 1.42 bits per heavy atom. The molecule has 1 atom stereocenters. The SMILES string of the molecule is CC(=O)N(C)CC/C(=C/C(N)C(=O)O)CP(=O)(O)O. The monoisotopic (exact) mass is 294 g/mol. The summed E-state index contributed by atoms with van der Waals surface area (Å²) in [6, 6.07) is -1.33. The van der Waals surface area contributed by atoms with Crippen molar-refractivity contribution in [2.75, 3.05) is 19.8 Å². The first kappa shape index (κ1) is 17.8. The molecule has 0 aromatic carbocycles. The van der Waals surface area contributed by atoms with Gasteiger partial charge in [0.1, 0.15) is 6.04 Å². The number of carbonyl (C=O) groups excluding carboxylic acids is 1. The van der Waals surface area contributed by atoms with Gasteiger partial charge in [-0.3, -0.25) is 14.2 Å². The lowest BCUT2D eigenvalue weighted by atomic mass is 10.1. The van der Waals surface area contributed by atoms with Crippen molar-refractivity contribution in [1.29, 1.82) is 0 Å². The van der Waals surface area contributed by atoms with Gasteiger partial charge in [0.15, 0.2) is 0 Å². The van der Waals surface area contributed by atoms with Crippen molar-refractivity contribution in [3.63, 3.8) is 0 Å². The molecule has 0 aromatic rings. The van der Waals surface area contributed by atoms with E-state index in [0.717, 1.165) is 6.08 Å². The number of aliphatic carboxylic acids is 1. The summed E-state index contributed by atoms with van der Waals surface area (Å²) in [6.45, 7) is 1.59. The molecule has 8 nitrogen and oxygen atoms in total. The number of nitrogens with zero attached hydrogens (tertiary/aromatic N) is 1. The molecule has 0 saturated heterocycles. The molecule has 0 aliphatic rings. The van der Waals surface area contributed by atoms with Crippen LogP contribution < -0.4 is 5.73 Å². The highest BCUT2D eigenvalue weighted by Gasteiger charge is 2.19. The zero-order chi connectivity index (χ0) is 15.2. The first-order valence-electron chi connectivity index (χ1n) is 5.47. The molecule has 0 saturated carbocycles. The smallest absolute Gasteiger partial charge is 0.329 e. The molecule has 0 fully saturated rings. The van der Waals surface area contributed by atoms with Crippen molar-refractivity contribution in [3.8, 4) is 0 Å². The predicted molar refractivity (Wildman–Crippen MR) is 68.5 cm³/mol. The normalized spacial score (nSPS) is 14.1. The molecule has 19 heavy (non-hydrogen) atoms. The van der Waals surface area contributed by atoms with E-state index in [4.69, 9.17) is 20.6 Å². The molecular weight excluding hydrogens is 275 g/mol. The summed E-state index contributed by atoms with van der Waals surface area (Å²) in [5.74, 6) is -1.49.